The van der Waals surface area contributed by atoms with Crippen LogP contribution in [0.5, 0.6) is 0 Å². The zero-order valence-electron chi connectivity index (χ0n) is 6.32. The fourth-order valence-electron chi connectivity index (χ4n) is 1.06. The molecule has 0 aromatic carbocycles. The Morgan fingerprint density at radius 1 is 1.42 bits per heavy atom. The largest absolute Gasteiger partial charge is 0.345 e. The third-order valence-electron chi connectivity index (χ3n) is 1.59. The van der Waals surface area contributed by atoms with Crippen molar-refractivity contribution in [2.45, 2.75) is 6.29 Å². The van der Waals surface area contributed by atoms with E-state index in [4.69, 9.17) is 14.7 Å². The van der Waals surface area contributed by atoms with E-state index < -0.39 is 0 Å². The van der Waals surface area contributed by atoms with Crippen molar-refractivity contribution in [3.05, 3.63) is 21.9 Å². The molecule has 0 unspecified atom stereocenters. The summed E-state index contributed by atoms with van der Waals surface area (Å²) in [5.74, 6) is 0. The first kappa shape index (κ1) is 7.74. The fraction of sp³-hybridized carbons (Fsp3) is 0.375. The number of rotatable bonds is 1. The average molecular weight is 181 g/mol. The maximum atomic E-state index is 8.57. The molecular formula is C8H7NO2S. The van der Waals surface area contributed by atoms with Crippen molar-refractivity contribution in [3.63, 3.8) is 0 Å². The first-order valence-electron chi connectivity index (χ1n) is 3.63. The third-order valence-corrected chi connectivity index (χ3v) is 2.60. The van der Waals surface area contributed by atoms with Gasteiger partial charge in [-0.25, -0.2) is 0 Å². The second kappa shape index (κ2) is 3.23. The van der Waals surface area contributed by atoms with Gasteiger partial charge in [-0.3, -0.25) is 0 Å². The van der Waals surface area contributed by atoms with Crippen molar-refractivity contribution < 1.29 is 9.47 Å². The number of thiophene rings is 1. The normalized spacial score (nSPS) is 17.9. The SMILES string of the molecule is N#Cc1ccc(C2OCCO2)s1. The van der Waals surface area contributed by atoms with Crippen molar-refractivity contribution in [2.75, 3.05) is 13.2 Å². The van der Waals surface area contributed by atoms with Crippen molar-refractivity contribution in [1.29, 1.82) is 5.26 Å². The molecule has 0 saturated carbocycles. The van der Waals surface area contributed by atoms with Crippen molar-refractivity contribution in [1.82, 2.24) is 0 Å². The van der Waals surface area contributed by atoms with E-state index in [-0.39, 0.29) is 6.29 Å². The topological polar surface area (TPSA) is 42.2 Å². The molecule has 0 spiro atoms. The van der Waals surface area contributed by atoms with Crippen LogP contribution in [0.1, 0.15) is 16.0 Å². The zero-order valence-corrected chi connectivity index (χ0v) is 7.13. The lowest BCUT2D eigenvalue weighted by atomic mass is 10.4. The molecule has 62 valence electrons. The van der Waals surface area contributed by atoms with Crippen LogP contribution in [0, 0.1) is 11.3 Å². The first-order valence-corrected chi connectivity index (χ1v) is 4.45. The Kier molecular flexibility index (Phi) is 2.09. The highest BCUT2D eigenvalue weighted by molar-refractivity contribution is 7.12. The lowest BCUT2D eigenvalue weighted by Gasteiger charge is -2.03. The van der Waals surface area contributed by atoms with Gasteiger partial charge in [0.05, 0.1) is 18.1 Å². The highest BCUT2D eigenvalue weighted by atomic mass is 32.1. The molecule has 1 saturated heterocycles. The maximum absolute atomic E-state index is 8.57. The highest BCUT2D eigenvalue weighted by Gasteiger charge is 2.19. The number of ether oxygens (including phenoxy) is 2. The number of nitrogens with zero attached hydrogens (tertiary/aromatic N) is 1. The summed E-state index contributed by atoms with van der Waals surface area (Å²) in [7, 11) is 0. The molecule has 1 aliphatic heterocycles. The second-order valence-electron chi connectivity index (χ2n) is 2.39. The molecule has 2 rings (SSSR count). The summed E-state index contributed by atoms with van der Waals surface area (Å²) in [5, 5.41) is 8.57. The van der Waals surface area contributed by atoms with Gasteiger partial charge < -0.3 is 9.47 Å². The minimum absolute atomic E-state index is 0.239. The predicted molar refractivity (Wildman–Crippen MR) is 43.7 cm³/mol. The van der Waals surface area contributed by atoms with Gasteiger partial charge in [0.15, 0.2) is 6.29 Å². The summed E-state index contributed by atoms with van der Waals surface area (Å²) < 4.78 is 10.6. The number of hydrogen-bond donors (Lipinski definition) is 0. The smallest absolute Gasteiger partial charge is 0.193 e. The van der Waals surface area contributed by atoms with Gasteiger partial charge in [0.2, 0.25) is 0 Å². The summed E-state index contributed by atoms with van der Waals surface area (Å²) in [6.45, 7) is 1.29. The Morgan fingerprint density at radius 3 is 2.75 bits per heavy atom. The van der Waals surface area contributed by atoms with Crippen LogP contribution in [-0.2, 0) is 9.47 Å². The Labute approximate surface area is 74.1 Å². The summed E-state index contributed by atoms with van der Waals surface area (Å²) in [5.41, 5.74) is 0. The van der Waals surface area contributed by atoms with Gasteiger partial charge in [-0.15, -0.1) is 11.3 Å². The van der Waals surface area contributed by atoms with Crippen LogP contribution >= 0.6 is 11.3 Å². The van der Waals surface area contributed by atoms with Crippen LogP contribution in [0.15, 0.2) is 12.1 Å². The fourth-order valence-corrected chi connectivity index (χ4v) is 1.87. The van der Waals surface area contributed by atoms with Gasteiger partial charge in [0.25, 0.3) is 0 Å². The van der Waals surface area contributed by atoms with Crippen molar-refractivity contribution in [3.8, 4) is 6.07 Å². The van der Waals surface area contributed by atoms with E-state index in [0.717, 1.165) is 4.88 Å². The van der Waals surface area contributed by atoms with Gasteiger partial charge >= 0.3 is 0 Å². The monoisotopic (exact) mass is 181 g/mol. The minimum atomic E-state index is -0.239. The van der Waals surface area contributed by atoms with Crippen LogP contribution in [0.2, 0.25) is 0 Å². The molecule has 0 radical (unpaired) electrons. The summed E-state index contributed by atoms with van der Waals surface area (Å²) in [4.78, 5) is 1.67. The van der Waals surface area contributed by atoms with Crippen LogP contribution < -0.4 is 0 Å². The van der Waals surface area contributed by atoms with E-state index in [0.29, 0.717) is 18.1 Å². The molecule has 0 amide bonds. The van der Waals surface area contributed by atoms with Crippen molar-refractivity contribution in [2.24, 2.45) is 0 Å². The Hall–Kier alpha value is -0.890. The van der Waals surface area contributed by atoms with Crippen LogP contribution in [0.25, 0.3) is 0 Å². The van der Waals surface area contributed by atoms with E-state index in [2.05, 4.69) is 6.07 Å². The van der Waals surface area contributed by atoms with Gasteiger partial charge in [-0.2, -0.15) is 5.26 Å². The molecule has 1 aromatic rings. The molecule has 0 atom stereocenters. The Balaban J connectivity index is 2.17. The quantitative estimate of drug-likeness (QED) is 0.661. The zero-order chi connectivity index (χ0) is 8.39. The van der Waals surface area contributed by atoms with E-state index >= 15 is 0 Å². The first-order chi connectivity index (χ1) is 5.90. The number of hydrogen-bond acceptors (Lipinski definition) is 4. The molecule has 3 nitrogen and oxygen atoms in total. The lowest BCUT2D eigenvalue weighted by Crippen LogP contribution is -1.93. The van der Waals surface area contributed by atoms with E-state index in [1.165, 1.54) is 11.3 Å². The minimum Gasteiger partial charge on any atom is -0.345 e. The lowest BCUT2D eigenvalue weighted by molar-refractivity contribution is -0.0413. The van der Waals surface area contributed by atoms with Crippen LogP contribution in [0.4, 0.5) is 0 Å². The summed E-state index contributed by atoms with van der Waals surface area (Å²) in [6.07, 6.45) is -0.239. The predicted octanol–water partition coefficient (Wildman–Crippen LogP) is 1.67. The van der Waals surface area contributed by atoms with Gasteiger partial charge in [0, 0.05) is 0 Å². The molecule has 4 heteroatoms. The van der Waals surface area contributed by atoms with Gasteiger partial charge in [0.1, 0.15) is 10.9 Å². The van der Waals surface area contributed by atoms with Gasteiger partial charge in [-0.05, 0) is 12.1 Å². The highest BCUT2D eigenvalue weighted by Crippen LogP contribution is 2.28. The van der Waals surface area contributed by atoms with Crippen LogP contribution in [-0.4, -0.2) is 13.2 Å². The van der Waals surface area contributed by atoms with E-state index in [9.17, 15) is 0 Å². The van der Waals surface area contributed by atoms with E-state index in [1.54, 1.807) is 6.07 Å². The van der Waals surface area contributed by atoms with Crippen molar-refractivity contribution >= 4 is 11.3 Å². The maximum Gasteiger partial charge on any atom is 0.193 e. The summed E-state index contributed by atoms with van der Waals surface area (Å²) in [6, 6.07) is 5.74. The molecule has 1 aromatic heterocycles. The third kappa shape index (κ3) is 1.34. The molecule has 0 bridgehead atoms. The average Bonchev–Trinajstić information content (AvgIpc) is 2.75. The number of nitriles is 1. The molecular weight excluding hydrogens is 174 g/mol. The summed E-state index contributed by atoms with van der Waals surface area (Å²) >= 11 is 1.42. The molecule has 1 fully saturated rings. The second-order valence-corrected chi connectivity index (χ2v) is 3.50. The molecule has 1 aliphatic rings. The molecule has 12 heavy (non-hydrogen) atoms. The standard InChI is InChI=1S/C8H7NO2S/c9-5-6-1-2-7(12-6)8-10-3-4-11-8/h1-2,8H,3-4H2. The van der Waals surface area contributed by atoms with Gasteiger partial charge in [-0.1, -0.05) is 0 Å². The molecule has 2 heterocycles. The Bertz CT molecular complexity index is 309. The Morgan fingerprint density at radius 2 is 2.17 bits per heavy atom. The molecule has 0 aliphatic carbocycles. The molecule has 0 N–H and O–H groups in total. The van der Waals surface area contributed by atoms with Crippen LogP contribution in [0.3, 0.4) is 0 Å². The van der Waals surface area contributed by atoms with E-state index in [1.807, 2.05) is 6.07 Å².